The van der Waals surface area contributed by atoms with Crippen molar-refractivity contribution in [2.45, 2.75) is 56.7 Å². The number of fused-ring (bicyclic) bond motifs is 3. The van der Waals surface area contributed by atoms with E-state index in [4.69, 9.17) is 0 Å². The van der Waals surface area contributed by atoms with Gasteiger partial charge in [-0.1, -0.05) is 18.2 Å². The number of piperidine rings is 1. The fourth-order valence-corrected chi connectivity index (χ4v) is 4.34. The molecule has 6 heteroatoms. The average molecular weight is 396 g/mol. The second-order valence-electron chi connectivity index (χ2n) is 7.25. The van der Waals surface area contributed by atoms with Crippen LogP contribution in [0.4, 0.5) is 0 Å². The molecule has 2 aliphatic rings. The van der Waals surface area contributed by atoms with Gasteiger partial charge in [-0.05, 0) is 49.8 Å². The first kappa shape index (κ1) is 20.9. The van der Waals surface area contributed by atoms with Crippen molar-refractivity contribution in [2.75, 3.05) is 7.05 Å². The summed E-state index contributed by atoms with van der Waals surface area (Å²) in [6, 6.07) is 11.8. The maximum Gasteiger partial charge on any atom is 0.222 e. The third kappa shape index (κ3) is 4.30. The number of amides is 1. The molecule has 26 heavy (non-hydrogen) atoms. The van der Waals surface area contributed by atoms with Crippen LogP contribution in [0.5, 0.6) is 0 Å². The lowest BCUT2D eigenvalue weighted by Gasteiger charge is -2.35. The van der Waals surface area contributed by atoms with Crippen molar-refractivity contribution in [3.8, 4) is 0 Å². The fraction of sp³-hybridized carbons (Fsp3) is 0.500. The molecule has 142 valence electrons. The number of nitrogens with one attached hydrogen (secondary N) is 1. The first-order valence-electron chi connectivity index (χ1n) is 9.05. The van der Waals surface area contributed by atoms with E-state index in [1.807, 2.05) is 42.4 Å². The zero-order valence-corrected chi connectivity index (χ0v) is 16.7. The lowest BCUT2D eigenvalue weighted by molar-refractivity contribution is -0.132. The Bertz CT molecular complexity index is 737. The van der Waals surface area contributed by atoms with Crippen LogP contribution in [-0.2, 0) is 11.2 Å². The summed E-state index contributed by atoms with van der Waals surface area (Å²) in [7, 11) is 1.99. The molecule has 2 aromatic rings. The molecule has 2 unspecified atom stereocenters. The summed E-state index contributed by atoms with van der Waals surface area (Å²) >= 11 is 0. The van der Waals surface area contributed by atoms with Crippen LogP contribution in [0.3, 0.4) is 0 Å². The van der Waals surface area contributed by atoms with Gasteiger partial charge in [-0.2, -0.15) is 0 Å². The summed E-state index contributed by atoms with van der Waals surface area (Å²) in [5.41, 5.74) is 2.22. The second-order valence-corrected chi connectivity index (χ2v) is 7.25. The minimum atomic E-state index is 0. The van der Waals surface area contributed by atoms with Crippen LogP contribution in [0.1, 0.15) is 37.7 Å². The van der Waals surface area contributed by atoms with Crippen LogP contribution < -0.4 is 5.32 Å². The van der Waals surface area contributed by atoms with Crippen molar-refractivity contribution < 1.29 is 4.79 Å². The Morgan fingerprint density at radius 2 is 1.85 bits per heavy atom. The molecule has 1 amide bonds. The Balaban J connectivity index is 0.00000121. The van der Waals surface area contributed by atoms with Crippen LogP contribution in [0, 0.1) is 0 Å². The smallest absolute Gasteiger partial charge is 0.222 e. The van der Waals surface area contributed by atoms with Gasteiger partial charge < -0.3 is 10.2 Å². The molecular formula is C20H27Cl2N3O. The molecule has 0 spiro atoms. The van der Waals surface area contributed by atoms with Gasteiger partial charge in [-0.15, -0.1) is 24.8 Å². The molecular weight excluding hydrogens is 369 g/mol. The maximum atomic E-state index is 12.7. The van der Waals surface area contributed by atoms with Crippen LogP contribution >= 0.6 is 24.8 Å². The van der Waals surface area contributed by atoms with Gasteiger partial charge in [-0.25, -0.2) is 0 Å². The minimum Gasteiger partial charge on any atom is -0.343 e. The van der Waals surface area contributed by atoms with Gasteiger partial charge in [0.25, 0.3) is 0 Å². The van der Waals surface area contributed by atoms with Crippen molar-refractivity contribution in [1.29, 1.82) is 0 Å². The lowest BCUT2D eigenvalue weighted by Crippen LogP contribution is -2.48. The number of pyridine rings is 1. The standard InChI is InChI=1S/C20H25N3O.2ClH/c1-23(17-12-15-7-8-16(13-17)22-15)20(24)9-6-14-10-11-21-19-5-3-2-4-18(14)19;;/h2-5,10-11,15-17,22H,6-9,12-13H2,1H3;2*1H. The Kier molecular flexibility index (Phi) is 7.27. The molecule has 0 aliphatic carbocycles. The molecule has 4 rings (SSSR count). The van der Waals surface area contributed by atoms with Gasteiger partial charge in [-0.3, -0.25) is 9.78 Å². The highest BCUT2D eigenvalue weighted by Crippen LogP contribution is 2.29. The number of aromatic nitrogens is 1. The zero-order chi connectivity index (χ0) is 16.5. The highest BCUT2D eigenvalue weighted by atomic mass is 35.5. The molecule has 2 saturated heterocycles. The number of carbonyl (C=O) groups excluding carboxylic acids is 1. The third-order valence-corrected chi connectivity index (χ3v) is 5.74. The first-order chi connectivity index (χ1) is 11.7. The molecule has 1 aromatic heterocycles. The van der Waals surface area contributed by atoms with Gasteiger partial charge >= 0.3 is 0 Å². The molecule has 0 radical (unpaired) electrons. The summed E-state index contributed by atoms with van der Waals surface area (Å²) in [6.07, 6.45) is 7.95. The van der Waals surface area contributed by atoms with Crippen LogP contribution in [0.15, 0.2) is 36.5 Å². The number of nitrogens with zero attached hydrogens (tertiary/aromatic N) is 2. The molecule has 4 nitrogen and oxygen atoms in total. The van der Waals surface area contributed by atoms with Crippen molar-refractivity contribution in [1.82, 2.24) is 15.2 Å². The summed E-state index contributed by atoms with van der Waals surface area (Å²) in [6.45, 7) is 0. The van der Waals surface area contributed by atoms with Gasteiger partial charge in [0.1, 0.15) is 0 Å². The molecule has 1 aromatic carbocycles. The maximum absolute atomic E-state index is 12.7. The number of aryl methyl sites for hydroxylation is 1. The number of hydrogen-bond acceptors (Lipinski definition) is 3. The molecule has 2 fully saturated rings. The van der Waals surface area contributed by atoms with Crippen molar-refractivity contribution in [2.24, 2.45) is 0 Å². The van der Waals surface area contributed by atoms with E-state index in [-0.39, 0.29) is 30.7 Å². The monoisotopic (exact) mass is 395 g/mol. The fourth-order valence-electron chi connectivity index (χ4n) is 4.34. The van der Waals surface area contributed by atoms with Crippen LogP contribution in [0.2, 0.25) is 0 Å². The quantitative estimate of drug-likeness (QED) is 0.856. The van der Waals surface area contributed by atoms with Crippen LogP contribution in [0.25, 0.3) is 10.9 Å². The average Bonchev–Trinajstić information content (AvgIpc) is 2.96. The van der Waals surface area contributed by atoms with Crippen LogP contribution in [-0.4, -0.2) is 41.0 Å². The van der Waals surface area contributed by atoms with Gasteiger partial charge in [0, 0.05) is 43.2 Å². The molecule has 2 bridgehead atoms. The molecule has 1 N–H and O–H groups in total. The first-order valence-corrected chi connectivity index (χ1v) is 9.05. The van der Waals surface area contributed by atoms with E-state index in [1.54, 1.807) is 0 Å². The van der Waals surface area contributed by atoms with E-state index in [0.29, 0.717) is 24.5 Å². The molecule has 2 aliphatic heterocycles. The molecule has 3 heterocycles. The highest BCUT2D eigenvalue weighted by molar-refractivity contribution is 5.85. The molecule has 2 atom stereocenters. The Morgan fingerprint density at radius 3 is 2.58 bits per heavy atom. The molecule has 0 saturated carbocycles. The van der Waals surface area contributed by atoms with E-state index in [9.17, 15) is 4.79 Å². The predicted octanol–water partition coefficient (Wildman–Crippen LogP) is 3.75. The van der Waals surface area contributed by atoms with E-state index in [0.717, 1.165) is 30.2 Å². The number of benzene rings is 1. The summed E-state index contributed by atoms with van der Waals surface area (Å²) in [5.74, 6) is 0.266. The van der Waals surface area contributed by atoms with Crippen molar-refractivity contribution >= 4 is 41.6 Å². The van der Waals surface area contributed by atoms with E-state index in [2.05, 4.69) is 16.4 Å². The van der Waals surface area contributed by atoms with E-state index in [1.165, 1.54) is 18.4 Å². The third-order valence-electron chi connectivity index (χ3n) is 5.74. The van der Waals surface area contributed by atoms with Crippen molar-refractivity contribution in [3.63, 3.8) is 0 Å². The Labute approximate surface area is 167 Å². The topological polar surface area (TPSA) is 45.2 Å². The minimum absolute atomic E-state index is 0. The summed E-state index contributed by atoms with van der Waals surface area (Å²) in [4.78, 5) is 19.1. The van der Waals surface area contributed by atoms with E-state index >= 15 is 0 Å². The SMILES string of the molecule is CN(C(=O)CCc1ccnc2ccccc12)C1CC2CCC(C1)N2.Cl.Cl. The zero-order valence-electron chi connectivity index (χ0n) is 15.1. The Morgan fingerprint density at radius 1 is 1.15 bits per heavy atom. The Hall–Kier alpha value is -1.36. The summed E-state index contributed by atoms with van der Waals surface area (Å²) < 4.78 is 0. The number of carbonyl (C=O) groups is 1. The van der Waals surface area contributed by atoms with Gasteiger partial charge in [0.2, 0.25) is 5.91 Å². The number of rotatable bonds is 4. The van der Waals surface area contributed by atoms with Crippen molar-refractivity contribution in [3.05, 3.63) is 42.1 Å². The number of para-hydroxylation sites is 1. The number of halogens is 2. The summed E-state index contributed by atoms with van der Waals surface area (Å²) in [5, 5.41) is 4.81. The predicted molar refractivity (Wildman–Crippen MR) is 110 cm³/mol. The second kappa shape index (κ2) is 9.03. The van der Waals surface area contributed by atoms with Gasteiger partial charge in [0.05, 0.1) is 5.52 Å². The van der Waals surface area contributed by atoms with Gasteiger partial charge in [0.15, 0.2) is 0 Å². The lowest BCUT2D eigenvalue weighted by atomic mass is 9.97. The normalized spacial score (nSPS) is 23.8. The van der Waals surface area contributed by atoms with E-state index < -0.39 is 0 Å². The highest BCUT2D eigenvalue weighted by Gasteiger charge is 2.36. The number of hydrogen-bond donors (Lipinski definition) is 1. The largest absolute Gasteiger partial charge is 0.343 e.